The highest BCUT2D eigenvalue weighted by atomic mass is 79.9. The first-order valence-corrected chi connectivity index (χ1v) is 9.67. The summed E-state index contributed by atoms with van der Waals surface area (Å²) in [6, 6.07) is 8.98. The van der Waals surface area contributed by atoms with Crippen molar-refractivity contribution < 1.29 is 14.4 Å². The number of hydrogen-bond acceptors (Lipinski definition) is 6. The average Bonchev–Trinajstić information content (AvgIpc) is 3.11. The number of carbonyl (C=O) groups excluding carboxylic acids is 1. The number of nitrogens with two attached hydrogens (primary N) is 1. The number of pyridine rings is 1. The lowest BCUT2D eigenvalue weighted by Crippen LogP contribution is -2.19. The van der Waals surface area contributed by atoms with Crippen LogP contribution in [-0.4, -0.2) is 33.2 Å². The van der Waals surface area contributed by atoms with Gasteiger partial charge in [-0.3, -0.25) is 4.98 Å². The van der Waals surface area contributed by atoms with E-state index in [1.165, 1.54) is 0 Å². The second kappa shape index (κ2) is 8.07. The minimum absolute atomic E-state index is 0.0799. The van der Waals surface area contributed by atoms with Gasteiger partial charge in [-0.1, -0.05) is 21.1 Å². The lowest BCUT2D eigenvalue weighted by molar-refractivity contribution is -0.0369. The molecular formula is C19H18BrN5O3. The minimum atomic E-state index is -0.685. The van der Waals surface area contributed by atoms with Crippen LogP contribution in [0.15, 0.2) is 52.4 Å². The van der Waals surface area contributed by atoms with Crippen LogP contribution in [0.1, 0.15) is 41.5 Å². The van der Waals surface area contributed by atoms with Crippen molar-refractivity contribution in [1.29, 1.82) is 0 Å². The molecule has 3 heterocycles. The standard InChI is InChI=1S/C19H18BrN5O3/c20-13-4-5-15-14(11-13)17(23-25(15)16-3-1-2-10-27-16)19(26)28-24-18(21)12-6-8-22-9-7-12/h4-9,11,16H,1-3,10H2,(H2,21,24). The van der Waals surface area contributed by atoms with Gasteiger partial charge in [0.05, 0.1) is 5.52 Å². The van der Waals surface area contributed by atoms with E-state index in [1.54, 1.807) is 29.2 Å². The summed E-state index contributed by atoms with van der Waals surface area (Å²) in [5, 5.41) is 8.89. The van der Waals surface area contributed by atoms with Crippen LogP contribution in [-0.2, 0) is 9.57 Å². The third kappa shape index (κ3) is 3.76. The predicted octanol–water partition coefficient (Wildman–Crippen LogP) is 3.37. The van der Waals surface area contributed by atoms with Crippen LogP contribution >= 0.6 is 15.9 Å². The zero-order valence-electron chi connectivity index (χ0n) is 14.9. The van der Waals surface area contributed by atoms with Crippen molar-refractivity contribution in [2.45, 2.75) is 25.5 Å². The van der Waals surface area contributed by atoms with Crippen LogP contribution in [0.4, 0.5) is 0 Å². The molecule has 1 unspecified atom stereocenters. The number of benzene rings is 1. The highest BCUT2D eigenvalue weighted by molar-refractivity contribution is 9.10. The van der Waals surface area contributed by atoms with E-state index in [1.807, 2.05) is 18.2 Å². The second-order valence-corrected chi connectivity index (χ2v) is 7.28. The molecule has 1 atom stereocenters. The molecule has 8 nitrogen and oxygen atoms in total. The van der Waals surface area contributed by atoms with Crippen molar-refractivity contribution in [3.8, 4) is 0 Å². The molecule has 1 aromatic carbocycles. The fraction of sp³-hybridized carbons (Fsp3) is 0.263. The van der Waals surface area contributed by atoms with E-state index < -0.39 is 5.97 Å². The number of carbonyl (C=O) groups is 1. The SMILES string of the molecule is N/C(=N\OC(=O)c1nn(C2CCCCO2)c2ccc(Br)cc12)c1ccncc1. The van der Waals surface area contributed by atoms with Crippen molar-refractivity contribution in [3.05, 3.63) is 58.5 Å². The smallest absolute Gasteiger partial charge is 0.380 e. The van der Waals surface area contributed by atoms with Crippen LogP contribution in [0.3, 0.4) is 0 Å². The van der Waals surface area contributed by atoms with E-state index in [4.69, 9.17) is 15.3 Å². The fourth-order valence-electron chi connectivity index (χ4n) is 3.11. The van der Waals surface area contributed by atoms with Crippen LogP contribution in [0.2, 0.25) is 0 Å². The summed E-state index contributed by atoms with van der Waals surface area (Å²) in [6.45, 7) is 0.676. The Balaban J connectivity index is 1.65. The van der Waals surface area contributed by atoms with Gasteiger partial charge in [0.2, 0.25) is 0 Å². The topological polar surface area (TPSA) is 105 Å². The molecule has 1 saturated heterocycles. The van der Waals surface area contributed by atoms with Crippen molar-refractivity contribution in [3.63, 3.8) is 0 Å². The summed E-state index contributed by atoms with van der Waals surface area (Å²) in [4.78, 5) is 21.7. The molecule has 4 rings (SSSR count). The summed E-state index contributed by atoms with van der Waals surface area (Å²) in [7, 11) is 0. The van der Waals surface area contributed by atoms with Gasteiger partial charge in [-0.25, -0.2) is 9.48 Å². The highest BCUT2D eigenvalue weighted by Gasteiger charge is 2.25. The van der Waals surface area contributed by atoms with Crippen molar-refractivity contribution in [2.24, 2.45) is 10.9 Å². The molecule has 2 aromatic heterocycles. The number of ether oxygens (including phenoxy) is 1. The van der Waals surface area contributed by atoms with E-state index in [0.29, 0.717) is 17.6 Å². The maximum absolute atomic E-state index is 12.7. The molecule has 1 fully saturated rings. The number of hydrogen-bond donors (Lipinski definition) is 1. The summed E-state index contributed by atoms with van der Waals surface area (Å²) >= 11 is 3.44. The van der Waals surface area contributed by atoms with Crippen molar-refractivity contribution in [2.75, 3.05) is 6.61 Å². The average molecular weight is 444 g/mol. The maximum Gasteiger partial charge on any atom is 0.386 e. The van der Waals surface area contributed by atoms with E-state index in [9.17, 15) is 4.79 Å². The van der Waals surface area contributed by atoms with Gasteiger partial charge in [0.15, 0.2) is 17.8 Å². The molecule has 0 radical (unpaired) electrons. The first-order valence-electron chi connectivity index (χ1n) is 8.88. The lowest BCUT2D eigenvalue weighted by atomic mass is 10.2. The van der Waals surface area contributed by atoms with Gasteiger partial charge in [0.25, 0.3) is 0 Å². The number of nitrogens with zero attached hydrogens (tertiary/aromatic N) is 4. The Morgan fingerprint density at radius 1 is 1.29 bits per heavy atom. The molecule has 0 amide bonds. The molecule has 1 aliphatic heterocycles. The Labute approximate surface area is 169 Å². The number of aromatic nitrogens is 3. The van der Waals surface area contributed by atoms with Gasteiger partial charge in [-0.05, 0) is 49.6 Å². The summed E-state index contributed by atoms with van der Waals surface area (Å²) in [5.74, 6) is -0.606. The molecule has 9 heteroatoms. The fourth-order valence-corrected chi connectivity index (χ4v) is 3.47. The van der Waals surface area contributed by atoms with Crippen molar-refractivity contribution >= 4 is 38.6 Å². The Morgan fingerprint density at radius 3 is 2.86 bits per heavy atom. The predicted molar refractivity (Wildman–Crippen MR) is 107 cm³/mol. The Bertz CT molecular complexity index is 1030. The first-order chi connectivity index (χ1) is 13.6. The molecule has 0 saturated carbocycles. The zero-order valence-corrected chi connectivity index (χ0v) is 16.5. The number of halogens is 1. The molecule has 1 aliphatic rings. The van der Waals surface area contributed by atoms with Crippen LogP contribution in [0.25, 0.3) is 10.9 Å². The molecule has 28 heavy (non-hydrogen) atoms. The van der Waals surface area contributed by atoms with E-state index in [2.05, 4.69) is 31.2 Å². The van der Waals surface area contributed by atoms with Gasteiger partial charge < -0.3 is 15.3 Å². The largest absolute Gasteiger partial charge is 0.386 e. The molecule has 0 bridgehead atoms. The Morgan fingerprint density at radius 2 is 2.11 bits per heavy atom. The van der Waals surface area contributed by atoms with Gasteiger partial charge in [-0.2, -0.15) is 5.10 Å². The molecule has 2 N–H and O–H groups in total. The summed E-state index contributed by atoms with van der Waals surface area (Å²) in [5.41, 5.74) is 7.44. The van der Waals surface area contributed by atoms with Gasteiger partial charge in [-0.15, -0.1) is 0 Å². The van der Waals surface area contributed by atoms with Gasteiger partial charge in [0, 0.05) is 34.4 Å². The van der Waals surface area contributed by atoms with Gasteiger partial charge >= 0.3 is 5.97 Å². The second-order valence-electron chi connectivity index (χ2n) is 6.37. The van der Waals surface area contributed by atoms with Crippen molar-refractivity contribution in [1.82, 2.24) is 14.8 Å². The lowest BCUT2D eigenvalue weighted by Gasteiger charge is -2.23. The third-order valence-electron chi connectivity index (χ3n) is 4.49. The monoisotopic (exact) mass is 443 g/mol. The minimum Gasteiger partial charge on any atom is -0.380 e. The third-order valence-corrected chi connectivity index (χ3v) is 4.99. The van der Waals surface area contributed by atoms with E-state index >= 15 is 0 Å². The summed E-state index contributed by atoms with van der Waals surface area (Å²) in [6.07, 6.45) is 5.87. The first kappa shape index (κ1) is 18.6. The quantitative estimate of drug-likeness (QED) is 0.286. The highest BCUT2D eigenvalue weighted by Crippen LogP contribution is 2.30. The maximum atomic E-state index is 12.7. The normalized spacial score (nSPS) is 17.6. The molecule has 0 aliphatic carbocycles. The molecule has 3 aromatic rings. The van der Waals surface area contributed by atoms with Crippen LogP contribution in [0, 0.1) is 0 Å². The number of oxime groups is 1. The Kier molecular flexibility index (Phi) is 5.36. The number of rotatable bonds is 4. The van der Waals surface area contributed by atoms with Crippen LogP contribution < -0.4 is 5.73 Å². The zero-order chi connectivity index (χ0) is 19.5. The Hall–Kier alpha value is -2.78. The van der Waals surface area contributed by atoms with E-state index in [-0.39, 0.29) is 17.8 Å². The number of amidine groups is 1. The van der Waals surface area contributed by atoms with Gasteiger partial charge in [0.1, 0.15) is 0 Å². The number of fused-ring (bicyclic) bond motifs is 1. The van der Waals surface area contributed by atoms with Crippen LogP contribution in [0.5, 0.6) is 0 Å². The molecule has 0 spiro atoms. The molecule has 144 valence electrons. The molecular weight excluding hydrogens is 426 g/mol. The van der Waals surface area contributed by atoms with E-state index in [0.717, 1.165) is 29.3 Å². The summed E-state index contributed by atoms with van der Waals surface area (Å²) < 4.78 is 8.41.